The van der Waals surface area contributed by atoms with Crippen LogP contribution in [0.3, 0.4) is 0 Å². The fraction of sp³-hybridized carbons (Fsp3) is 0.278. The Morgan fingerprint density at radius 2 is 1.64 bits per heavy atom. The molecule has 2 aromatic carbocycles. The van der Waals surface area contributed by atoms with E-state index in [1.54, 1.807) is 4.90 Å². The van der Waals surface area contributed by atoms with Crippen LogP contribution < -0.4 is 9.62 Å². The van der Waals surface area contributed by atoms with E-state index in [9.17, 15) is 13.2 Å². The number of hydrogen-bond donors (Lipinski definition) is 1. The predicted octanol–water partition coefficient (Wildman–Crippen LogP) is 3.27. The third kappa shape index (κ3) is 5.10. The van der Waals surface area contributed by atoms with Crippen LogP contribution in [-0.2, 0) is 14.8 Å². The fourth-order valence-electron chi connectivity index (χ4n) is 2.92. The molecule has 1 fully saturated rings. The van der Waals surface area contributed by atoms with Crippen LogP contribution in [0.25, 0.3) is 0 Å². The topological polar surface area (TPSA) is 69.7 Å². The zero-order chi connectivity index (χ0) is 20.3. The third-order valence-electron chi connectivity index (χ3n) is 4.40. The highest BCUT2D eigenvalue weighted by Crippen LogP contribution is 2.25. The smallest absolute Gasteiger partial charge is 0.242 e. The van der Waals surface area contributed by atoms with Gasteiger partial charge in [-0.2, -0.15) is 0 Å². The number of rotatable bonds is 5. The lowest BCUT2D eigenvalue weighted by molar-refractivity contribution is -0.130. The van der Waals surface area contributed by atoms with Crippen molar-refractivity contribution in [3.8, 4) is 0 Å². The SMILES string of the molecule is O=C(CNS(=O)(=O)c1cc(Cl)ccc1Cl)N1CCN(c2cccc(Cl)c2)CC1. The Morgan fingerprint density at radius 1 is 0.964 bits per heavy atom. The van der Waals surface area contributed by atoms with Gasteiger partial charge < -0.3 is 9.80 Å². The van der Waals surface area contributed by atoms with Gasteiger partial charge in [0.1, 0.15) is 4.90 Å². The number of benzene rings is 2. The molecule has 1 saturated heterocycles. The van der Waals surface area contributed by atoms with Crippen LogP contribution in [0.5, 0.6) is 0 Å². The molecule has 150 valence electrons. The zero-order valence-electron chi connectivity index (χ0n) is 14.7. The van der Waals surface area contributed by atoms with Gasteiger partial charge in [-0.05, 0) is 36.4 Å². The van der Waals surface area contributed by atoms with Gasteiger partial charge >= 0.3 is 0 Å². The van der Waals surface area contributed by atoms with Crippen molar-refractivity contribution in [1.29, 1.82) is 0 Å². The number of halogens is 3. The normalized spacial score (nSPS) is 15.0. The number of carbonyl (C=O) groups is 1. The molecule has 1 amide bonds. The van der Waals surface area contributed by atoms with Crippen LogP contribution in [0.2, 0.25) is 15.1 Å². The number of anilines is 1. The van der Waals surface area contributed by atoms with Gasteiger partial charge in [0.25, 0.3) is 0 Å². The maximum atomic E-state index is 12.4. The number of nitrogens with one attached hydrogen (secondary N) is 1. The monoisotopic (exact) mass is 461 g/mol. The summed E-state index contributed by atoms with van der Waals surface area (Å²) in [4.78, 5) is 16.0. The molecule has 0 aromatic heterocycles. The van der Waals surface area contributed by atoms with E-state index in [0.717, 1.165) is 5.69 Å². The first-order valence-electron chi connectivity index (χ1n) is 8.49. The standard InChI is InChI=1S/C18H18Cl3N3O3S/c19-13-2-1-3-15(10-13)23-6-8-24(9-7-23)18(25)12-22-28(26,27)17-11-14(20)4-5-16(17)21/h1-5,10-11,22H,6-9,12H2. The van der Waals surface area contributed by atoms with Crippen molar-refractivity contribution >= 4 is 56.4 Å². The molecule has 0 spiro atoms. The van der Waals surface area contributed by atoms with E-state index in [1.807, 2.05) is 24.3 Å². The van der Waals surface area contributed by atoms with Gasteiger partial charge in [-0.1, -0.05) is 40.9 Å². The average molecular weight is 463 g/mol. The Balaban J connectivity index is 1.57. The van der Waals surface area contributed by atoms with Crippen LogP contribution in [0.15, 0.2) is 47.4 Å². The minimum Gasteiger partial charge on any atom is -0.368 e. The zero-order valence-corrected chi connectivity index (χ0v) is 17.8. The Kier molecular flexibility index (Phi) is 6.73. The first-order valence-corrected chi connectivity index (χ1v) is 11.1. The summed E-state index contributed by atoms with van der Waals surface area (Å²) in [5.41, 5.74) is 0.996. The first kappa shape index (κ1) is 21.2. The van der Waals surface area contributed by atoms with Gasteiger partial charge in [0.2, 0.25) is 15.9 Å². The summed E-state index contributed by atoms with van der Waals surface area (Å²) in [6.07, 6.45) is 0. The molecule has 0 bridgehead atoms. The van der Waals surface area contributed by atoms with Crippen LogP contribution in [0.1, 0.15) is 0 Å². The van der Waals surface area contributed by atoms with Crippen molar-refractivity contribution in [2.45, 2.75) is 4.90 Å². The number of carbonyl (C=O) groups excluding carboxylic acids is 1. The molecule has 1 aliphatic rings. The Hall–Kier alpha value is -1.51. The Morgan fingerprint density at radius 3 is 2.32 bits per heavy atom. The van der Waals surface area contributed by atoms with Crippen molar-refractivity contribution in [3.63, 3.8) is 0 Å². The molecule has 10 heteroatoms. The summed E-state index contributed by atoms with van der Waals surface area (Å²) in [7, 11) is -3.94. The van der Waals surface area contributed by atoms with Crippen molar-refractivity contribution < 1.29 is 13.2 Å². The largest absolute Gasteiger partial charge is 0.368 e. The van der Waals surface area contributed by atoms with E-state index in [4.69, 9.17) is 34.8 Å². The molecule has 1 N–H and O–H groups in total. The lowest BCUT2D eigenvalue weighted by Gasteiger charge is -2.36. The minimum atomic E-state index is -3.94. The third-order valence-corrected chi connectivity index (χ3v) is 6.75. The molecule has 0 aliphatic carbocycles. The van der Waals surface area contributed by atoms with Crippen LogP contribution >= 0.6 is 34.8 Å². The summed E-state index contributed by atoms with van der Waals surface area (Å²) in [5.74, 6) is -0.299. The Bertz CT molecular complexity index is 977. The van der Waals surface area contributed by atoms with E-state index in [2.05, 4.69) is 9.62 Å². The minimum absolute atomic E-state index is 0.0412. The molecular formula is C18H18Cl3N3O3S. The number of nitrogens with zero attached hydrogens (tertiary/aromatic N) is 2. The molecule has 0 radical (unpaired) electrons. The summed E-state index contributed by atoms with van der Waals surface area (Å²) >= 11 is 17.8. The number of hydrogen-bond acceptors (Lipinski definition) is 4. The van der Waals surface area contributed by atoms with Gasteiger partial charge in [-0.15, -0.1) is 0 Å². The van der Waals surface area contributed by atoms with E-state index < -0.39 is 10.0 Å². The van der Waals surface area contributed by atoms with Gasteiger partial charge in [0.15, 0.2) is 0 Å². The molecule has 0 saturated carbocycles. The van der Waals surface area contributed by atoms with E-state index >= 15 is 0 Å². The van der Waals surface area contributed by atoms with Gasteiger partial charge in [0, 0.05) is 41.9 Å². The molecule has 1 heterocycles. The van der Waals surface area contributed by atoms with Crippen molar-refractivity contribution in [2.24, 2.45) is 0 Å². The van der Waals surface area contributed by atoms with Crippen LogP contribution in [0.4, 0.5) is 5.69 Å². The molecule has 1 aliphatic heterocycles. The van der Waals surface area contributed by atoms with E-state index in [1.165, 1.54) is 18.2 Å². The number of sulfonamides is 1. The summed E-state index contributed by atoms with van der Waals surface area (Å²) in [6.45, 7) is 1.91. The van der Waals surface area contributed by atoms with Crippen molar-refractivity contribution in [2.75, 3.05) is 37.6 Å². The molecular weight excluding hydrogens is 445 g/mol. The average Bonchev–Trinajstić information content (AvgIpc) is 2.68. The summed E-state index contributed by atoms with van der Waals surface area (Å²) < 4.78 is 27.1. The molecule has 3 rings (SSSR count). The number of amides is 1. The molecule has 28 heavy (non-hydrogen) atoms. The molecule has 0 unspecified atom stereocenters. The highest BCUT2D eigenvalue weighted by atomic mass is 35.5. The highest BCUT2D eigenvalue weighted by Gasteiger charge is 2.24. The second-order valence-electron chi connectivity index (χ2n) is 6.25. The second-order valence-corrected chi connectivity index (χ2v) is 9.26. The first-order chi connectivity index (χ1) is 13.3. The Labute approximate surface area is 179 Å². The molecule has 0 atom stereocenters. The van der Waals surface area contributed by atoms with Gasteiger partial charge in [-0.25, -0.2) is 13.1 Å². The maximum Gasteiger partial charge on any atom is 0.242 e. The maximum absolute atomic E-state index is 12.4. The fourth-order valence-corrected chi connectivity index (χ4v) is 4.84. The summed E-state index contributed by atoms with van der Waals surface area (Å²) in [5, 5.41) is 0.942. The van der Waals surface area contributed by atoms with Crippen LogP contribution in [0, 0.1) is 0 Å². The van der Waals surface area contributed by atoms with Crippen molar-refractivity contribution in [1.82, 2.24) is 9.62 Å². The quantitative estimate of drug-likeness (QED) is 0.740. The highest BCUT2D eigenvalue weighted by molar-refractivity contribution is 7.89. The lowest BCUT2D eigenvalue weighted by Crippen LogP contribution is -2.51. The van der Waals surface area contributed by atoms with E-state index in [0.29, 0.717) is 31.2 Å². The summed E-state index contributed by atoms with van der Waals surface area (Å²) in [6, 6.07) is 11.7. The van der Waals surface area contributed by atoms with Crippen LogP contribution in [-0.4, -0.2) is 51.9 Å². The van der Waals surface area contributed by atoms with Crippen molar-refractivity contribution in [3.05, 3.63) is 57.5 Å². The predicted molar refractivity (Wildman–Crippen MR) is 112 cm³/mol. The van der Waals surface area contributed by atoms with Gasteiger partial charge in [0.05, 0.1) is 11.6 Å². The van der Waals surface area contributed by atoms with E-state index in [-0.39, 0.29) is 27.4 Å². The van der Waals surface area contributed by atoms with Gasteiger partial charge in [-0.3, -0.25) is 4.79 Å². The second kappa shape index (κ2) is 8.88. The lowest BCUT2D eigenvalue weighted by atomic mass is 10.2. The molecule has 2 aromatic rings. The molecule has 6 nitrogen and oxygen atoms in total. The number of piperazine rings is 1.